The first kappa shape index (κ1) is 20.8. The molecule has 0 radical (unpaired) electrons. The Hall–Kier alpha value is -3.47. The van der Waals surface area contributed by atoms with Gasteiger partial charge in [0.15, 0.2) is 5.82 Å². The van der Waals surface area contributed by atoms with E-state index >= 15 is 0 Å². The van der Waals surface area contributed by atoms with Crippen LogP contribution in [-0.2, 0) is 17.7 Å². The van der Waals surface area contributed by atoms with E-state index in [1.54, 1.807) is 4.90 Å². The van der Waals surface area contributed by atoms with Gasteiger partial charge in [0.2, 0.25) is 0 Å². The average Bonchev–Trinajstić information content (AvgIpc) is 2.83. The van der Waals surface area contributed by atoms with Gasteiger partial charge in [0.1, 0.15) is 0 Å². The van der Waals surface area contributed by atoms with Crippen LogP contribution in [0.15, 0.2) is 77.8 Å². The Morgan fingerprint density at radius 1 is 1.00 bits per heavy atom. The summed E-state index contributed by atoms with van der Waals surface area (Å²) in [6.45, 7) is 3.70. The van der Waals surface area contributed by atoms with Crippen molar-refractivity contribution in [3.63, 3.8) is 0 Å². The van der Waals surface area contributed by atoms with E-state index in [2.05, 4.69) is 31.2 Å². The number of aliphatic imine (C=N–C) groups is 1. The lowest BCUT2D eigenvalue weighted by molar-refractivity contribution is 0.0964. The molecule has 5 nitrogen and oxygen atoms in total. The summed E-state index contributed by atoms with van der Waals surface area (Å²) in [5.41, 5.74) is 5.05. The molecular weight excluding hydrogens is 386 g/mol. The molecule has 0 aliphatic carbocycles. The highest BCUT2D eigenvalue weighted by Gasteiger charge is 2.23. The van der Waals surface area contributed by atoms with E-state index < -0.39 is 0 Å². The molecule has 0 bridgehead atoms. The van der Waals surface area contributed by atoms with E-state index in [-0.39, 0.29) is 6.09 Å². The molecule has 2 heterocycles. The van der Waals surface area contributed by atoms with Gasteiger partial charge in [-0.2, -0.15) is 0 Å². The Bertz CT molecular complexity index is 1010. The molecule has 5 heteroatoms. The molecule has 1 aromatic heterocycles. The Morgan fingerprint density at radius 3 is 2.32 bits per heavy atom. The van der Waals surface area contributed by atoms with Gasteiger partial charge < -0.3 is 9.64 Å². The van der Waals surface area contributed by atoms with Crippen molar-refractivity contribution in [3.05, 3.63) is 95.2 Å². The number of carbonyl (C=O) groups excluding carboxylic acids is 1. The van der Waals surface area contributed by atoms with Crippen molar-refractivity contribution in [1.29, 1.82) is 0 Å². The van der Waals surface area contributed by atoms with Gasteiger partial charge in [-0.05, 0) is 18.1 Å². The van der Waals surface area contributed by atoms with Gasteiger partial charge in [0.25, 0.3) is 0 Å². The number of nitrogens with zero attached hydrogens (tertiary/aromatic N) is 3. The molecule has 1 aliphatic rings. The van der Waals surface area contributed by atoms with Crippen molar-refractivity contribution < 1.29 is 9.53 Å². The maximum absolute atomic E-state index is 12.3. The van der Waals surface area contributed by atoms with Crippen molar-refractivity contribution in [2.24, 2.45) is 4.99 Å². The Balaban J connectivity index is 1.57. The highest BCUT2D eigenvalue weighted by Crippen LogP contribution is 2.23. The van der Waals surface area contributed by atoms with Crippen molar-refractivity contribution in [1.82, 2.24) is 9.88 Å². The number of rotatable bonds is 6. The third kappa shape index (κ3) is 5.18. The number of pyridine rings is 1. The number of ether oxygens (including phenoxy) is 1. The fraction of sp³-hybridized carbons (Fsp3) is 0.269. The van der Waals surface area contributed by atoms with Crippen LogP contribution >= 0.6 is 0 Å². The van der Waals surface area contributed by atoms with E-state index in [1.807, 2.05) is 48.5 Å². The van der Waals surface area contributed by atoms with Crippen LogP contribution in [0, 0.1) is 0 Å². The number of amides is 1. The molecule has 2 aromatic carbocycles. The lowest BCUT2D eigenvalue weighted by Crippen LogP contribution is -2.36. The van der Waals surface area contributed by atoms with Gasteiger partial charge in [0.05, 0.1) is 18.9 Å². The largest absolute Gasteiger partial charge is 0.449 e. The maximum Gasteiger partial charge on any atom is 0.410 e. The van der Waals surface area contributed by atoms with Gasteiger partial charge in [0, 0.05) is 29.8 Å². The van der Waals surface area contributed by atoms with Crippen molar-refractivity contribution in [2.75, 3.05) is 13.2 Å². The van der Waals surface area contributed by atoms with Crippen LogP contribution < -0.4 is 0 Å². The normalized spacial score (nSPS) is 12.7. The number of hydrogen-bond donors (Lipinski definition) is 0. The standard InChI is InChI=1S/C26H27N3O2/c1-2-3-18-31-26(30)29-17-16-23-22(19-29)14-15-24(27-23)28-25(20-10-6-4-7-11-20)21-12-8-5-9-13-21/h4-15H,2-3,16-19H2,1H3. The van der Waals surface area contributed by atoms with Crippen LogP contribution in [0.5, 0.6) is 0 Å². The van der Waals surface area contributed by atoms with E-state index in [0.29, 0.717) is 31.9 Å². The zero-order valence-electron chi connectivity index (χ0n) is 17.8. The summed E-state index contributed by atoms with van der Waals surface area (Å²) < 4.78 is 5.36. The minimum absolute atomic E-state index is 0.239. The van der Waals surface area contributed by atoms with Crippen LogP contribution in [-0.4, -0.2) is 34.8 Å². The fourth-order valence-electron chi connectivity index (χ4n) is 3.62. The summed E-state index contributed by atoms with van der Waals surface area (Å²) in [5.74, 6) is 0.681. The van der Waals surface area contributed by atoms with Crippen molar-refractivity contribution in [2.45, 2.75) is 32.7 Å². The molecule has 31 heavy (non-hydrogen) atoms. The predicted octanol–water partition coefficient (Wildman–Crippen LogP) is 5.55. The zero-order valence-corrected chi connectivity index (χ0v) is 17.8. The molecule has 1 aliphatic heterocycles. The van der Waals surface area contributed by atoms with Crippen LogP contribution in [0.1, 0.15) is 42.1 Å². The third-order valence-corrected chi connectivity index (χ3v) is 5.34. The minimum Gasteiger partial charge on any atom is -0.449 e. The molecule has 3 aromatic rings. The summed E-state index contributed by atoms with van der Waals surface area (Å²) >= 11 is 0. The highest BCUT2D eigenvalue weighted by atomic mass is 16.6. The summed E-state index contributed by atoms with van der Waals surface area (Å²) in [5, 5.41) is 0. The number of unbranched alkanes of at least 4 members (excludes halogenated alkanes) is 1. The third-order valence-electron chi connectivity index (χ3n) is 5.34. The highest BCUT2D eigenvalue weighted by molar-refractivity contribution is 6.13. The topological polar surface area (TPSA) is 54.8 Å². The predicted molar refractivity (Wildman–Crippen MR) is 123 cm³/mol. The summed E-state index contributed by atoms with van der Waals surface area (Å²) in [6, 6.07) is 24.3. The van der Waals surface area contributed by atoms with Gasteiger partial charge in [-0.15, -0.1) is 0 Å². The molecule has 4 rings (SSSR count). The Labute approximate surface area is 183 Å². The summed E-state index contributed by atoms with van der Waals surface area (Å²) in [4.78, 5) is 23.7. The van der Waals surface area contributed by atoms with E-state index in [1.165, 1.54) is 0 Å². The van der Waals surface area contributed by atoms with Crippen LogP contribution in [0.2, 0.25) is 0 Å². The lowest BCUT2D eigenvalue weighted by atomic mass is 10.0. The molecule has 0 spiro atoms. The van der Waals surface area contributed by atoms with Gasteiger partial charge >= 0.3 is 6.09 Å². The van der Waals surface area contributed by atoms with E-state index in [9.17, 15) is 4.79 Å². The number of benzene rings is 2. The second kappa shape index (κ2) is 10.0. The number of aromatic nitrogens is 1. The fourth-order valence-corrected chi connectivity index (χ4v) is 3.62. The van der Waals surface area contributed by atoms with Crippen molar-refractivity contribution in [3.8, 4) is 0 Å². The zero-order chi connectivity index (χ0) is 21.5. The molecular formula is C26H27N3O2. The first-order valence-corrected chi connectivity index (χ1v) is 10.8. The lowest BCUT2D eigenvalue weighted by Gasteiger charge is -2.27. The molecule has 0 atom stereocenters. The Morgan fingerprint density at radius 2 is 1.68 bits per heavy atom. The SMILES string of the molecule is CCCCOC(=O)N1CCc2nc(N=C(c3ccccc3)c3ccccc3)ccc2C1. The first-order valence-electron chi connectivity index (χ1n) is 10.8. The maximum atomic E-state index is 12.3. The monoisotopic (exact) mass is 413 g/mol. The molecule has 1 amide bonds. The first-order chi connectivity index (χ1) is 15.2. The van der Waals surface area contributed by atoms with Crippen molar-refractivity contribution >= 4 is 17.6 Å². The summed E-state index contributed by atoms with van der Waals surface area (Å²) in [7, 11) is 0. The van der Waals surface area contributed by atoms with Crippen LogP contribution in [0.3, 0.4) is 0 Å². The molecule has 0 saturated heterocycles. The van der Waals surface area contributed by atoms with E-state index in [0.717, 1.165) is 40.9 Å². The van der Waals surface area contributed by atoms with E-state index in [4.69, 9.17) is 14.7 Å². The average molecular weight is 414 g/mol. The number of carbonyl (C=O) groups is 1. The Kier molecular flexibility index (Phi) is 6.72. The quantitative estimate of drug-likeness (QED) is 0.393. The molecule has 0 N–H and O–H groups in total. The molecule has 158 valence electrons. The van der Waals surface area contributed by atoms with Gasteiger partial charge in [-0.25, -0.2) is 14.8 Å². The van der Waals surface area contributed by atoms with Gasteiger partial charge in [-0.3, -0.25) is 0 Å². The summed E-state index contributed by atoms with van der Waals surface area (Å²) in [6.07, 6.45) is 2.37. The minimum atomic E-state index is -0.239. The second-order valence-electron chi connectivity index (χ2n) is 7.61. The molecule has 0 unspecified atom stereocenters. The number of hydrogen-bond acceptors (Lipinski definition) is 4. The van der Waals surface area contributed by atoms with Crippen LogP contribution in [0.25, 0.3) is 0 Å². The molecule has 0 saturated carbocycles. The number of fused-ring (bicyclic) bond motifs is 1. The smallest absolute Gasteiger partial charge is 0.410 e. The van der Waals surface area contributed by atoms with Crippen LogP contribution in [0.4, 0.5) is 10.6 Å². The molecule has 0 fully saturated rings. The van der Waals surface area contributed by atoms with Gasteiger partial charge in [-0.1, -0.05) is 80.1 Å². The second-order valence-corrected chi connectivity index (χ2v) is 7.61.